The van der Waals surface area contributed by atoms with Crippen LogP contribution in [0.1, 0.15) is 10.4 Å². The van der Waals surface area contributed by atoms with E-state index in [1.54, 1.807) is 18.2 Å². The zero-order chi connectivity index (χ0) is 18.1. The average molecular weight is 345 g/mol. The predicted octanol–water partition coefficient (Wildman–Crippen LogP) is 3.90. The topological polar surface area (TPSA) is 68.7 Å². The first-order valence-electron chi connectivity index (χ1n) is 7.20. The third kappa shape index (κ3) is 2.96. The van der Waals surface area contributed by atoms with Crippen LogP contribution in [0.4, 0.5) is 8.78 Å². The van der Waals surface area contributed by atoms with Gasteiger partial charge in [-0.25, -0.2) is 18.6 Å². The monoisotopic (exact) mass is 345 g/mol. The number of halogens is 2. The van der Waals surface area contributed by atoms with Gasteiger partial charge in [0.1, 0.15) is 5.75 Å². The summed E-state index contributed by atoms with van der Waals surface area (Å²) >= 11 is 0. The number of methoxy groups -OCH3 is 2. The number of hydrogen-bond acceptors (Lipinski definition) is 4. The number of ether oxygens (including phenoxy) is 2. The Balaban J connectivity index is 2.26. The van der Waals surface area contributed by atoms with Crippen LogP contribution in [-0.4, -0.2) is 30.3 Å². The molecule has 3 aromatic rings. The van der Waals surface area contributed by atoms with Crippen molar-refractivity contribution in [1.29, 1.82) is 0 Å². The molecule has 0 bridgehead atoms. The molecule has 3 rings (SSSR count). The summed E-state index contributed by atoms with van der Waals surface area (Å²) in [5, 5.41) is 9.84. The lowest BCUT2D eigenvalue weighted by Gasteiger charge is -2.10. The van der Waals surface area contributed by atoms with Crippen LogP contribution in [0.15, 0.2) is 36.4 Å². The highest BCUT2D eigenvalue weighted by molar-refractivity contribution is 6.04. The molecule has 7 heteroatoms. The van der Waals surface area contributed by atoms with E-state index < -0.39 is 23.4 Å². The number of carboxylic acids is 1. The first-order chi connectivity index (χ1) is 11.9. The molecule has 0 spiro atoms. The molecular weight excluding hydrogens is 332 g/mol. The zero-order valence-electron chi connectivity index (χ0n) is 13.3. The van der Waals surface area contributed by atoms with E-state index in [4.69, 9.17) is 4.74 Å². The SMILES string of the molecule is COc1ccc2nc(-c3cc(F)c(OC)c(F)c3)cc(C(=O)O)c2c1. The number of benzene rings is 2. The number of aromatic nitrogens is 1. The Kier molecular flexibility index (Phi) is 4.22. The van der Waals surface area contributed by atoms with E-state index in [1.807, 2.05) is 0 Å². The fourth-order valence-corrected chi connectivity index (χ4v) is 2.56. The number of nitrogens with zero attached hydrogens (tertiary/aromatic N) is 1. The minimum atomic E-state index is -1.18. The Morgan fingerprint density at radius 1 is 1.04 bits per heavy atom. The molecule has 5 nitrogen and oxygen atoms in total. The number of aromatic carboxylic acids is 1. The van der Waals surface area contributed by atoms with Crippen molar-refractivity contribution >= 4 is 16.9 Å². The van der Waals surface area contributed by atoms with Gasteiger partial charge >= 0.3 is 5.97 Å². The van der Waals surface area contributed by atoms with Crippen molar-refractivity contribution in [3.05, 3.63) is 53.6 Å². The van der Waals surface area contributed by atoms with Gasteiger partial charge in [-0.05, 0) is 36.4 Å². The summed E-state index contributed by atoms with van der Waals surface area (Å²) in [6.45, 7) is 0. The molecule has 1 N–H and O–H groups in total. The maximum atomic E-state index is 13.9. The zero-order valence-corrected chi connectivity index (χ0v) is 13.3. The van der Waals surface area contributed by atoms with Gasteiger partial charge in [0.15, 0.2) is 17.4 Å². The summed E-state index contributed by atoms with van der Waals surface area (Å²) in [5.74, 6) is -3.01. The van der Waals surface area contributed by atoms with Gasteiger partial charge in [-0.1, -0.05) is 0 Å². The molecule has 0 aliphatic carbocycles. The second-order valence-corrected chi connectivity index (χ2v) is 5.22. The van der Waals surface area contributed by atoms with Crippen molar-refractivity contribution in [1.82, 2.24) is 4.98 Å². The summed E-state index contributed by atoms with van der Waals surface area (Å²) in [6, 6.07) is 8.12. The van der Waals surface area contributed by atoms with Crippen LogP contribution < -0.4 is 9.47 Å². The minimum Gasteiger partial charge on any atom is -0.497 e. The Morgan fingerprint density at radius 2 is 1.72 bits per heavy atom. The lowest BCUT2D eigenvalue weighted by Crippen LogP contribution is -2.01. The van der Waals surface area contributed by atoms with E-state index in [0.717, 1.165) is 19.2 Å². The lowest BCUT2D eigenvalue weighted by atomic mass is 10.0. The van der Waals surface area contributed by atoms with Gasteiger partial charge in [-0.15, -0.1) is 0 Å². The molecular formula is C18H13F2NO4. The number of pyridine rings is 1. The van der Waals surface area contributed by atoms with Crippen molar-refractivity contribution in [2.24, 2.45) is 0 Å². The van der Waals surface area contributed by atoms with Gasteiger partial charge in [0.2, 0.25) is 0 Å². The maximum absolute atomic E-state index is 13.9. The van der Waals surface area contributed by atoms with Crippen LogP contribution >= 0.6 is 0 Å². The molecule has 0 aliphatic heterocycles. The van der Waals surface area contributed by atoms with Gasteiger partial charge in [0.25, 0.3) is 0 Å². The highest BCUT2D eigenvalue weighted by Gasteiger charge is 2.17. The van der Waals surface area contributed by atoms with Crippen molar-refractivity contribution in [3.8, 4) is 22.8 Å². The Hall–Kier alpha value is -3.22. The van der Waals surface area contributed by atoms with Crippen LogP contribution in [0, 0.1) is 11.6 Å². The van der Waals surface area contributed by atoms with E-state index in [2.05, 4.69) is 9.72 Å². The molecule has 0 aliphatic rings. The van der Waals surface area contributed by atoms with E-state index in [1.165, 1.54) is 13.2 Å². The maximum Gasteiger partial charge on any atom is 0.336 e. The van der Waals surface area contributed by atoms with Crippen LogP contribution in [-0.2, 0) is 0 Å². The molecule has 0 fully saturated rings. The first kappa shape index (κ1) is 16.6. The van der Waals surface area contributed by atoms with E-state index >= 15 is 0 Å². The van der Waals surface area contributed by atoms with Crippen LogP contribution in [0.2, 0.25) is 0 Å². The summed E-state index contributed by atoms with van der Waals surface area (Å²) in [4.78, 5) is 15.9. The summed E-state index contributed by atoms with van der Waals surface area (Å²) < 4.78 is 37.6. The molecule has 128 valence electrons. The fourth-order valence-electron chi connectivity index (χ4n) is 2.56. The fraction of sp³-hybridized carbons (Fsp3) is 0.111. The smallest absolute Gasteiger partial charge is 0.336 e. The van der Waals surface area contributed by atoms with Crippen LogP contribution in [0.5, 0.6) is 11.5 Å². The molecule has 0 saturated carbocycles. The summed E-state index contributed by atoms with van der Waals surface area (Å²) in [6.07, 6.45) is 0. The van der Waals surface area contributed by atoms with Gasteiger partial charge in [-0.3, -0.25) is 0 Å². The average Bonchev–Trinajstić information content (AvgIpc) is 2.59. The highest BCUT2D eigenvalue weighted by Crippen LogP contribution is 2.31. The van der Waals surface area contributed by atoms with Gasteiger partial charge in [0, 0.05) is 10.9 Å². The number of fused-ring (bicyclic) bond motifs is 1. The van der Waals surface area contributed by atoms with Crippen molar-refractivity contribution in [2.75, 3.05) is 14.2 Å². The molecule has 1 heterocycles. The van der Waals surface area contributed by atoms with Crippen molar-refractivity contribution in [2.45, 2.75) is 0 Å². The predicted molar refractivity (Wildman–Crippen MR) is 87.2 cm³/mol. The number of hydrogen-bond donors (Lipinski definition) is 1. The Labute approximate surface area is 141 Å². The number of rotatable bonds is 4. The summed E-state index contributed by atoms with van der Waals surface area (Å²) in [7, 11) is 2.62. The van der Waals surface area contributed by atoms with E-state index in [0.29, 0.717) is 16.7 Å². The number of carboxylic acid groups (broad SMARTS) is 1. The van der Waals surface area contributed by atoms with Crippen molar-refractivity contribution in [3.63, 3.8) is 0 Å². The second-order valence-electron chi connectivity index (χ2n) is 5.22. The standard InChI is InChI=1S/C18H13F2NO4/c1-24-10-3-4-15-11(7-10)12(18(22)23)8-16(21-15)9-5-13(19)17(25-2)14(20)6-9/h3-8H,1-2H3,(H,22,23). The Bertz CT molecular complexity index is 965. The van der Waals surface area contributed by atoms with Gasteiger partial charge in [-0.2, -0.15) is 0 Å². The molecule has 0 unspecified atom stereocenters. The third-order valence-electron chi connectivity index (χ3n) is 3.74. The molecule has 0 radical (unpaired) electrons. The molecule has 0 atom stereocenters. The molecule has 2 aromatic carbocycles. The lowest BCUT2D eigenvalue weighted by molar-refractivity contribution is 0.0699. The van der Waals surface area contributed by atoms with Crippen LogP contribution in [0.3, 0.4) is 0 Å². The molecule has 0 amide bonds. The third-order valence-corrected chi connectivity index (χ3v) is 3.74. The minimum absolute atomic E-state index is 0.0458. The summed E-state index contributed by atoms with van der Waals surface area (Å²) in [5.41, 5.74) is 0.564. The quantitative estimate of drug-likeness (QED) is 0.777. The van der Waals surface area contributed by atoms with E-state index in [-0.39, 0.29) is 16.8 Å². The molecule has 25 heavy (non-hydrogen) atoms. The molecule has 1 aromatic heterocycles. The van der Waals surface area contributed by atoms with E-state index in [9.17, 15) is 18.7 Å². The highest BCUT2D eigenvalue weighted by atomic mass is 19.1. The molecule has 0 saturated heterocycles. The number of carbonyl (C=O) groups is 1. The van der Waals surface area contributed by atoms with Gasteiger partial charge < -0.3 is 14.6 Å². The Morgan fingerprint density at radius 3 is 2.28 bits per heavy atom. The normalized spacial score (nSPS) is 10.7. The largest absolute Gasteiger partial charge is 0.497 e. The van der Waals surface area contributed by atoms with Crippen molar-refractivity contribution < 1.29 is 28.2 Å². The second kappa shape index (κ2) is 6.35. The van der Waals surface area contributed by atoms with Gasteiger partial charge in [0.05, 0.1) is 31.0 Å². The first-order valence-corrected chi connectivity index (χ1v) is 7.20. The van der Waals surface area contributed by atoms with Crippen LogP contribution in [0.25, 0.3) is 22.2 Å².